The van der Waals surface area contributed by atoms with Crippen molar-refractivity contribution in [1.82, 2.24) is 24.6 Å². The van der Waals surface area contributed by atoms with Gasteiger partial charge in [-0.05, 0) is 23.9 Å². The summed E-state index contributed by atoms with van der Waals surface area (Å²) in [5, 5.41) is 9.67. The van der Waals surface area contributed by atoms with Crippen LogP contribution in [-0.4, -0.2) is 24.6 Å². The molecule has 0 saturated carbocycles. The summed E-state index contributed by atoms with van der Waals surface area (Å²) >= 11 is 1.40. The van der Waals surface area contributed by atoms with Gasteiger partial charge >= 0.3 is 0 Å². The molecule has 0 spiro atoms. The van der Waals surface area contributed by atoms with Crippen LogP contribution in [0.25, 0.3) is 5.65 Å². The van der Waals surface area contributed by atoms with E-state index in [2.05, 4.69) is 25.6 Å². The molecule has 3 aromatic heterocycles. The van der Waals surface area contributed by atoms with Gasteiger partial charge in [-0.1, -0.05) is 6.07 Å². The molecule has 0 radical (unpaired) electrons. The van der Waals surface area contributed by atoms with E-state index < -0.39 is 0 Å². The standard InChI is InChI=1S/C10H9N7S/c11-14-7-5-9(13-6-12-7)18-10-16-15-8-3-1-2-4-17(8)10/h1-6H,11H2,(H,12,13,14). The van der Waals surface area contributed by atoms with E-state index in [9.17, 15) is 0 Å². The number of hydrazine groups is 1. The number of nitrogens with zero attached hydrogens (tertiary/aromatic N) is 5. The second kappa shape index (κ2) is 4.59. The minimum absolute atomic E-state index is 0.557. The van der Waals surface area contributed by atoms with Crippen LogP contribution in [0.3, 0.4) is 0 Å². The van der Waals surface area contributed by atoms with Gasteiger partial charge < -0.3 is 5.43 Å². The summed E-state index contributed by atoms with van der Waals surface area (Å²) in [5.74, 6) is 5.86. The van der Waals surface area contributed by atoms with E-state index in [-0.39, 0.29) is 0 Å². The number of anilines is 1. The minimum atomic E-state index is 0.557. The number of aromatic nitrogens is 5. The molecule has 0 aliphatic heterocycles. The van der Waals surface area contributed by atoms with E-state index in [1.165, 1.54) is 18.1 Å². The minimum Gasteiger partial charge on any atom is -0.308 e. The topological polar surface area (TPSA) is 94.0 Å². The van der Waals surface area contributed by atoms with E-state index in [0.717, 1.165) is 15.8 Å². The predicted octanol–water partition coefficient (Wildman–Crippen LogP) is 0.956. The monoisotopic (exact) mass is 259 g/mol. The Bertz CT molecular complexity index is 681. The average Bonchev–Trinajstić information content (AvgIpc) is 2.83. The van der Waals surface area contributed by atoms with Crippen LogP contribution in [0.5, 0.6) is 0 Å². The van der Waals surface area contributed by atoms with E-state index in [4.69, 9.17) is 5.84 Å². The Morgan fingerprint density at radius 2 is 2.17 bits per heavy atom. The molecule has 0 aliphatic carbocycles. The van der Waals surface area contributed by atoms with Gasteiger partial charge in [0.2, 0.25) is 5.16 Å². The van der Waals surface area contributed by atoms with Crippen LogP contribution in [0, 0.1) is 0 Å². The lowest BCUT2D eigenvalue weighted by atomic mass is 10.5. The fraction of sp³-hybridized carbons (Fsp3) is 0. The molecule has 3 N–H and O–H groups in total. The van der Waals surface area contributed by atoms with Gasteiger partial charge in [0.1, 0.15) is 17.2 Å². The molecule has 7 nitrogen and oxygen atoms in total. The summed E-state index contributed by atoms with van der Waals surface area (Å²) < 4.78 is 1.89. The van der Waals surface area contributed by atoms with Crippen LogP contribution < -0.4 is 11.3 Å². The van der Waals surface area contributed by atoms with E-state index in [1.54, 1.807) is 6.07 Å². The number of nitrogens with two attached hydrogens (primary N) is 1. The smallest absolute Gasteiger partial charge is 0.201 e. The van der Waals surface area contributed by atoms with Crippen molar-refractivity contribution < 1.29 is 0 Å². The highest BCUT2D eigenvalue weighted by Crippen LogP contribution is 2.25. The molecule has 3 rings (SSSR count). The van der Waals surface area contributed by atoms with Gasteiger partial charge in [-0.15, -0.1) is 10.2 Å². The fourth-order valence-electron chi connectivity index (χ4n) is 1.46. The SMILES string of the molecule is NNc1cc(Sc2nnc3ccccn23)ncn1. The van der Waals surface area contributed by atoms with Crippen LogP contribution in [0.1, 0.15) is 0 Å². The summed E-state index contributed by atoms with van der Waals surface area (Å²) in [6.07, 6.45) is 3.35. The van der Waals surface area contributed by atoms with Gasteiger partial charge in [-0.3, -0.25) is 4.40 Å². The summed E-state index contributed by atoms with van der Waals surface area (Å²) in [6.45, 7) is 0. The first-order valence-corrected chi connectivity index (χ1v) is 5.95. The number of fused-ring (bicyclic) bond motifs is 1. The Morgan fingerprint density at radius 3 is 3.06 bits per heavy atom. The van der Waals surface area contributed by atoms with E-state index in [1.807, 2.05) is 28.8 Å². The summed E-state index contributed by atoms with van der Waals surface area (Å²) in [5.41, 5.74) is 3.27. The molecule has 0 amide bonds. The van der Waals surface area contributed by atoms with Gasteiger partial charge in [-0.25, -0.2) is 15.8 Å². The molecule has 3 aromatic rings. The molecular weight excluding hydrogens is 250 g/mol. The van der Waals surface area contributed by atoms with Gasteiger partial charge in [0.15, 0.2) is 5.65 Å². The van der Waals surface area contributed by atoms with Crippen molar-refractivity contribution in [2.24, 2.45) is 5.84 Å². The van der Waals surface area contributed by atoms with E-state index in [0.29, 0.717) is 5.82 Å². The number of hydrogen-bond acceptors (Lipinski definition) is 7. The number of hydrogen-bond donors (Lipinski definition) is 2. The molecule has 0 atom stereocenters. The first kappa shape index (κ1) is 10.9. The third-order valence-corrected chi connectivity index (χ3v) is 3.16. The van der Waals surface area contributed by atoms with Crippen LogP contribution in [0.4, 0.5) is 5.82 Å². The molecule has 0 aromatic carbocycles. The number of nitrogen functional groups attached to an aromatic ring is 1. The summed E-state index contributed by atoms with van der Waals surface area (Å²) in [6, 6.07) is 7.48. The third kappa shape index (κ3) is 1.98. The number of pyridine rings is 1. The molecule has 0 saturated heterocycles. The number of nitrogens with one attached hydrogen (secondary N) is 1. The van der Waals surface area contributed by atoms with Crippen LogP contribution in [0.2, 0.25) is 0 Å². The van der Waals surface area contributed by atoms with Crippen LogP contribution in [0.15, 0.2) is 47.0 Å². The van der Waals surface area contributed by atoms with Crippen molar-refractivity contribution in [3.8, 4) is 0 Å². The molecule has 0 unspecified atom stereocenters. The Balaban J connectivity index is 1.96. The molecule has 0 aliphatic rings. The quantitative estimate of drug-likeness (QED) is 0.411. The zero-order chi connectivity index (χ0) is 12.4. The lowest BCUT2D eigenvalue weighted by molar-refractivity contribution is 0.914. The number of rotatable bonds is 3. The molecule has 90 valence electrons. The second-order valence-electron chi connectivity index (χ2n) is 3.40. The molecular formula is C10H9N7S. The van der Waals surface area contributed by atoms with Crippen molar-refractivity contribution in [2.45, 2.75) is 10.2 Å². The predicted molar refractivity (Wildman–Crippen MR) is 67.0 cm³/mol. The molecule has 8 heteroatoms. The first-order chi connectivity index (χ1) is 8.86. The highest BCUT2D eigenvalue weighted by atomic mass is 32.2. The van der Waals surface area contributed by atoms with Crippen LogP contribution in [-0.2, 0) is 0 Å². The van der Waals surface area contributed by atoms with E-state index >= 15 is 0 Å². The fourth-order valence-corrected chi connectivity index (χ4v) is 2.25. The van der Waals surface area contributed by atoms with Crippen LogP contribution >= 0.6 is 11.8 Å². The van der Waals surface area contributed by atoms with Crippen molar-refractivity contribution >= 4 is 23.2 Å². The Labute approximate surface area is 106 Å². The van der Waals surface area contributed by atoms with Crippen molar-refractivity contribution in [3.05, 3.63) is 36.8 Å². The Hall–Kier alpha value is -2.19. The van der Waals surface area contributed by atoms with Crippen molar-refractivity contribution in [2.75, 3.05) is 5.43 Å². The largest absolute Gasteiger partial charge is 0.308 e. The highest BCUT2D eigenvalue weighted by Gasteiger charge is 2.08. The lowest BCUT2D eigenvalue weighted by Gasteiger charge is -2.01. The van der Waals surface area contributed by atoms with Crippen molar-refractivity contribution in [3.63, 3.8) is 0 Å². The maximum absolute atomic E-state index is 5.30. The second-order valence-corrected chi connectivity index (χ2v) is 4.39. The molecule has 3 heterocycles. The van der Waals surface area contributed by atoms with Gasteiger partial charge in [-0.2, -0.15) is 0 Å². The zero-order valence-electron chi connectivity index (χ0n) is 9.19. The Kier molecular flexibility index (Phi) is 2.79. The molecule has 18 heavy (non-hydrogen) atoms. The van der Waals surface area contributed by atoms with Gasteiger partial charge in [0.25, 0.3) is 0 Å². The summed E-state index contributed by atoms with van der Waals surface area (Å²) in [4.78, 5) is 8.09. The van der Waals surface area contributed by atoms with Gasteiger partial charge in [0, 0.05) is 12.3 Å². The van der Waals surface area contributed by atoms with Gasteiger partial charge in [0.05, 0.1) is 0 Å². The van der Waals surface area contributed by atoms with Crippen molar-refractivity contribution in [1.29, 1.82) is 0 Å². The first-order valence-electron chi connectivity index (χ1n) is 5.13. The normalized spacial score (nSPS) is 10.7. The Morgan fingerprint density at radius 1 is 1.22 bits per heavy atom. The maximum Gasteiger partial charge on any atom is 0.201 e. The lowest BCUT2D eigenvalue weighted by Crippen LogP contribution is -2.08. The highest BCUT2D eigenvalue weighted by molar-refractivity contribution is 7.99. The zero-order valence-corrected chi connectivity index (χ0v) is 10.0. The maximum atomic E-state index is 5.30. The summed E-state index contributed by atoms with van der Waals surface area (Å²) in [7, 11) is 0. The molecule has 0 bridgehead atoms. The third-order valence-electron chi connectivity index (χ3n) is 2.27. The molecule has 0 fully saturated rings. The average molecular weight is 259 g/mol.